The quantitative estimate of drug-likeness (QED) is 0.651. The van der Waals surface area contributed by atoms with Gasteiger partial charge in [0.1, 0.15) is 0 Å². The SMILES string of the molecule is C[C@H](OC(=O)c1cccc(N(C)C)c1)C(=O)Nc1ccc(F)c(F)c1F. The fourth-order valence-corrected chi connectivity index (χ4v) is 2.05. The molecule has 1 atom stereocenters. The number of ether oxygens (including phenoxy) is 1. The molecule has 0 bridgehead atoms. The van der Waals surface area contributed by atoms with Gasteiger partial charge in [0.2, 0.25) is 0 Å². The van der Waals surface area contributed by atoms with Gasteiger partial charge in [0, 0.05) is 19.8 Å². The fraction of sp³-hybridized carbons (Fsp3) is 0.222. The lowest BCUT2D eigenvalue weighted by Crippen LogP contribution is -2.30. The first-order valence-electron chi connectivity index (χ1n) is 7.63. The van der Waals surface area contributed by atoms with E-state index in [2.05, 4.69) is 5.32 Å². The van der Waals surface area contributed by atoms with E-state index in [-0.39, 0.29) is 5.56 Å². The molecule has 0 fully saturated rings. The van der Waals surface area contributed by atoms with Crippen molar-refractivity contribution < 1.29 is 27.5 Å². The Morgan fingerprint density at radius 3 is 2.42 bits per heavy atom. The number of nitrogens with one attached hydrogen (secondary N) is 1. The summed E-state index contributed by atoms with van der Waals surface area (Å²) in [5.74, 6) is -6.24. The number of carbonyl (C=O) groups excluding carboxylic acids is 2. The molecular weight excluding hydrogens is 349 g/mol. The van der Waals surface area contributed by atoms with Crippen LogP contribution in [0.15, 0.2) is 36.4 Å². The summed E-state index contributed by atoms with van der Waals surface area (Å²) < 4.78 is 44.7. The van der Waals surface area contributed by atoms with Crippen LogP contribution in [0.25, 0.3) is 0 Å². The highest BCUT2D eigenvalue weighted by Gasteiger charge is 2.22. The van der Waals surface area contributed by atoms with Gasteiger partial charge in [0.15, 0.2) is 23.6 Å². The summed E-state index contributed by atoms with van der Waals surface area (Å²) in [6.07, 6.45) is -1.28. The Balaban J connectivity index is 2.06. The lowest BCUT2D eigenvalue weighted by Gasteiger charge is -2.16. The van der Waals surface area contributed by atoms with E-state index in [0.717, 1.165) is 11.8 Å². The average Bonchev–Trinajstić information content (AvgIpc) is 2.62. The van der Waals surface area contributed by atoms with Crippen molar-refractivity contribution in [2.45, 2.75) is 13.0 Å². The molecule has 0 saturated carbocycles. The largest absolute Gasteiger partial charge is 0.449 e. The first-order valence-corrected chi connectivity index (χ1v) is 7.63. The Morgan fingerprint density at radius 2 is 1.77 bits per heavy atom. The van der Waals surface area contributed by atoms with Crippen molar-refractivity contribution in [3.8, 4) is 0 Å². The second-order valence-electron chi connectivity index (χ2n) is 5.70. The minimum Gasteiger partial charge on any atom is -0.449 e. The van der Waals surface area contributed by atoms with Crippen LogP contribution in [0.2, 0.25) is 0 Å². The van der Waals surface area contributed by atoms with Gasteiger partial charge in [-0.1, -0.05) is 6.07 Å². The molecule has 0 unspecified atom stereocenters. The van der Waals surface area contributed by atoms with Gasteiger partial charge in [-0.3, -0.25) is 4.79 Å². The Kier molecular flexibility index (Phi) is 5.86. The van der Waals surface area contributed by atoms with Gasteiger partial charge in [-0.25, -0.2) is 18.0 Å². The number of hydrogen-bond donors (Lipinski definition) is 1. The minimum atomic E-state index is -1.70. The minimum absolute atomic E-state index is 0.231. The highest BCUT2D eigenvalue weighted by atomic mass is 19.2. The molecule has 2 aromatic rings. The summed E-state index contributed by atoms with van der Waals surface area (Å²) in [4.78, 5) is 26.0. The van der Waals surface area contributed by atoms with Crippen LogP contribution < -0.4 is 10.2 Å². The van der Waals surface area contributed by atoms with Crippen molar-refractivity contribution in [2.24, 2.45) is 0 Å². The summed E-state index contributed by atoms with van der Waals surface area (Å²) in [6, 6.07) is 8.11. The van der Waals surface area contributed by atoms with Crippen LogP contribution >= 0.6 is 0 Å². The highest BCUT2D eigenvalue weighted by Crippen LogP contribution is 2.20. The topological polar surface area (TPSA) is 58.6 Å². The maximum atomic E-state index is 13.6. The second-order valence-corrected chi connectivity index (χ2v) is 5.70. The Morgan fingerprint density at radius 1 is 1.08 bits per heavy atom. The highest BCUT2D eigenvalue weighted by molar-refractivity contribution is 5.97. The third-order valence-corrected chi connectivity index (χ3v) is 3.54. The molecule has 0 aliphatic carbocycles. The monoisotopic (exact) mass is 366 g/mol. The normalized spacial score (nSPS) is 11.6. The number of benzene rings is 2. The summed E-state index contributed by atoms with van der Waals surface area (Å²) in [5.41, 5.74) is 0.446. The Labute approximate surface area is 148 Å². The van der Waals surface area contributed by atoms with Crippen LogP contribution in [0.4, 0.5) is 24.5 Å². The molecule has 0 saturated heterocycles. The van der Waals surface area contributed by atoms with Crippen molar-refractivity contribution in [1.29, 1.82) is 0 Å². The van der Waals surface area contributed by atoms with Gasteiger partial charge in [-0.2, -0.15) is 0 Å². The predicted octanol–water partition coefficient (Wildman–Crippen LogP) is 3.35. The van der Waals surface area contributed by atoms with Crippen molar-refractivity contribution in [3.05, 3.63) is 59.4 Å². The molecular formula is C18H17F3N2O3. The molecule has 26 heavy (non-hydrogen) atoms. The van der Waals surface area contributed by atoms with E-state index in [4.69, 9.17) is 4.74 Å². The van der Waals surface area contributed by atoms with Gasteiger partial charge in [0.05, 0.1) is 11.3 Å². The van der Waals surface area contributed by atoms with Crippen molar-refractivity contribution >= 4 is 23.3 Å². The maximum absolute atomic E-state index is 13.6. The van der Waals surface area contributed by atoms with E-state index in [1.165, 1.54) is 13.0 Å². The number of rotatable bonds is 5. The Hall–Kier alpha value is -3.03. The average molecular weight is 366 g/mol. The number of anilines is 2. The fourth-order valence-electron chi connectivity index (χ4n) is 2.05. The van der Waals surface area contributed by atoms with Crippen molar-refractivity contribution in [1.82, 2.24) is 0 Å². The zero-order chi connectivity index (χ0) is 19.4. The molecule has 1 N–H and O–H groups in total. The summed E-state index contributed by atoms with van der Waals surface area (Å²) in [5, 5.41) is 2.06. The number of carbonyl (C=O) groups is 2. The molecule has 0 aromatic heterocycles. The standard InChI is InChI=1S/C18H17F3N2O3/c1-10(17(24)22-14-8-7-13(19)15(20)16(14)21)26-18(25)11-5-4-6-12(9-11)23(2)3/h4-10H,1-3H3,(H,22,24)/t10-/m0/s1. The predicted molar refractivity (Wildman–Crippen MR) is 90.6 cm³/mol. The molecule has 0 heterocycles. The van der Waals surface area contributed by atoms with Crippen molar-refractivity contribution in [3.63, 3.8) is 0 Å². The zero-order valence-corrected chi connectivity index (χ0v) is 14.3. The molecule has 2 rings (SSSR count). The van der Waals surface area contributed by atoms with Gasteiger partial charge < -0.3 is 15.0 Å². The first kappa shape index (κ1) is 19.3. The molecule has 138 valence electrons. The summed E-state index contributed by atoms with van der Waals surface area (Å²) in [7, 11) is 3.60. The Bertz CT molecular complexity index is 840. The van der Waals surface area contributed by atoms with E-state index in [9.17, 15) is 22.8 Å². The zero-order valence-electron chi connectivity index (χ0n) is 14.3. The maximum Gasteiger partial charge on any atom is 0.338 e. The number of amides is 1. The number of nitrogens with zero attached hydrogens (tertiary/aromatic N) is 1. The van der Waals surface area contributed by atoms with Crippen LogP contribution in [0.1, 0.15) is 17.3 Å². The molecule has 1 amide bonds. The first-order chi connectivity index (χ1) is 12.2. The smallest absolute Gasteiger partial charge is 0.338 e. The van der Waals surface area contributed by atoms with Crippen LogP contribution in [0.3, 0.4) is 0 Å². The lowest BCUT2D eigenvalue weighted by atomic mass is 10.2. The van der Waals surface area contributed by atoms with Crippen LogP contribution in [-0.2, 0) is 9.53 Å². The molecule has 0 radical (unpaired) electrons. The molecule has 0 spiro atoms. The number of esters is 1. The van der Waals surface area contributed by atoms with E-state index >= 15 is 0 Å². The van der Waals surface area contributed by atoms with Gasteiger partial charge in [-0.05, 0) is 37.3 Å². The molecule has 5 nitrogen and oxygen atoms in total. The number of hydrogen-bond acceptors (Lipinski definition) is 4. The molecule has 8 heteroatoms. The molecule has 0 aliphatic rings. The van der Waals surface area contributed by atoms with E-state index < -0.39 is 41.1 Å². The van der Waals surface area contributed by atoms with Crippen molar-refractivity contribution in [2.75, 3.05) is 24.3 Å². The molecule has 2 aromatic carbocycles. The second kappa shape index (κ2) is 7.90. The van der Waals surface area contributed by atoms with E-state index in [0.29, 0.717) is 6.07 Å². The van der Waals surface area contributed by atoms with E-state index in [1.807, 2.05) is 0 Å². The van der Waals surface area contributed by atoms with Crippen LogP contribution in [0.5, 0.6) is 0 Å². The third-order valence-electron chi connectivity index (χ3n) is 3.54. The number of halogens is 3. The van der Waals surface area contributed by atoms with Crippen LogP contribution in [-0.4, -0.2) is 32.1 Å². The van der Waals surface area contributed by atoms with Gasteiger partial charge >= 0.3 is 5.97 Å². The van der Waals surface area contributed by atoms with Gasteiger partial charge in [0.25, 0.3) is 5.91 Å². The summed E-state index contributed by atoms with van der Waals surface area (Å²) >= 11 is 0. The molecule has 0 aliphatic heterocycles. The van der Waals surface area contributed by atoms with E-state index in [1.54, 1.807) is 37.2 Å². The lowest BCUT2D eigenvalue weighted by molar-refractivity contribution is -0.123. The summed E-state index contributed by atoms with van der Waals surface area (Å²) in [6.45, 7) is 1.28. The third kappa shape index (κ3) is 4.33. The van der Waals surface area contributed by atoms with Crippen LogP contribution in [0, 0.1) is 17.5 Å². The van der Waals surface area contributed by atoms with Gasteiger partial charge in [-0.15, -0.1) is 0 Å².